The van der Waals surface area contributed by atoms with Crippen LogP contribution in [-0.4, -0.2) is 73.0 Å². The van der Waals surface area contributed by atoms with Crippen molar-refractivity contribution in [1.82, 2.24) is 5.32 Å². The fourth-order valence-electron chi connectivity index (χ4n) is 3.72. The molecular weight excluding hydrogens is 506 g/mol. The minimum Gasteiger partial charge on any atom is -0.459 e. The third-order valence-corrected chi connectivity index (χ3v) is 5.08. The third kappa shape index (κ3) is 8.83. The van der Waals surface area contributed by atoms with E-state index in [2.05, 4.69) is 5.32 Å². The summed E-state index contributed by atoms with van der Waals surface area (Å²) in [7, 11) is 0. The van der Waals surface area contributed by atoms with Crippen molar-refractivity contribution in [3.63, 3.8) is 0 Å². The first-order valence-electron chi connectivity index (χ1n) is 11.8. The molecule has 0 unspecified atom stereocenters. The monoisotopic (exact) mass is 537 g/mol. The van der Waals surface area contributed by atoms with Crippen LogP contribution < -0.4 is 10.1 Å². The lowest BCUT2D eigenvalue weighted by Crippen LogP contribution is -2.67. The number of hydrogen-bond donors (Lipinski definition) is 1. The highest BCUT2D eigenvalue weighted by Crippen LogP contribution is 2.29. The van der Waals surface area contributed by atoms with Crippen LogP contribution in [0.15, 0.2) is 24.3 Å². The van der Waals surface area contributed by atoms with E-state index in [9.17, 15) is 28.8 Å². The van der Waals surface area contributed by atoms with Crippen molar-refractivity contribution in [2.45, 2.75) is 78.1 Å². The van der Waals surface area contributed by atoms with Gasteiger partial charge in [0.05, 0.1) is 0 Å². The zero-order valence-electron chi connectivity index (χ0n) is 21.7. The molecule has 1 aromatic rings. The Kier molecular flexibility index (Phi) is 11.2. The van der Waals surface area contributed by atoms with Gasteiger partial charge < -0.3 is 33.7 Å². The summed E-state index contributed by atoms with van der Waals surface area (Å²) < 4.78 is 32.2. The highest BCUT2D eigenvalue weighted by atomic mass is 16.7. The molecule has 1 amide bonds. The molecule has 1 aromatic carbocycles. The van der Waals surface area contributed by atoms with Gasteiger partial charge in [0, 0.05) is 34.1 Å². The second-order valence-corrected chi connectivity index (χ2v) is 8.33. The maximum atomic E-state index is 12.8. The van der Waals surface area contributed by atoms with Gasteiger partial charge in [0.15, 0.2) is 12.2 Å². The SMILES string of the molecule is CCCC(=O)N[C@H]1[C@@H](OC(C)=O)O[C@H](COC(=O)c2ccccc2OC(C)=O)[C@@H](OC(C)=O)[C@@H]1OC(C)=O. The molecular formula is C25H31NO12. The van der Waals surface area contributed by atoms with Crippen molar-refractivity contribution in [3.05, 3.63) is 29.8 Å². The molecule has 0 aromatic heterocycles. The topological polar surface area (TPSA) is 170 Å². The van der Waals surface area contributed by atoms with Gasteiger partial charge in [0.25, 0.3) is 0 Å². The molecule has 5 atom stereocenters. The van der Waals surface area contributed by atoms with Crippen molar-refractivity contribution in [1.29, 1.82) is 0 Å². The van der Waals surface area contributed by atoms with Gasteiger partial charge >= 0.3 is 29.8 Å². The number of nitrogens with one attached hydrogen (secondary N) is 1. The van der Waals surface area contributed by atoms with Crippen LogP contribution in [0.5, 0.6) is 5.75 Å². The highest BCUT2D eigenvalue weighted by molar-refractivity contribution is 5.93. The molecule has 0 bridgehead atoms. The Bertz CT molecular complexity index is 1050. The highest BCUT2D eigenvalue weighted by Gasteiger charge is 2.52. The van der Waals surface area contributed by atoms with E-state index >= 15 is 0 Å². The molecule has 0 radical (unpaired) electrons. The standard InChI is InChI=1S/C25H31NO12/c1-6-9-20(31)26-21-23(36-15(4)29)22(35-14(3)28)19(38-25(21)37-16(5)30)12-33-24(32)17-10-7-8-11-18(17)34-13(2)27/h7-8,10-11,19,21-23,25H,6,9,12H2,1-5H3,(H,26,31)/t19-,21-,22-,23-,25+/m1/s1. The Hall–Kier alpha value is -4.00. The average molecular weight is 538 g/mol. The van der Waals surface area contributed by atoms with Gasteiger partial charge in [0.2, 0.25) is 12.2 Å². The van der Waals surface area contributed by atoms with Crippen molar-refractivity contribution in [2.75, 3.05) is 6.61 Å². The predicted molar refractivity (Wildman–Crippen MR) is 126 cm³/mol. The molecule has 0 saturated carbocycles. The molecule has 13 nitrogen and oxygen atoms in total. The summed E-state index contributed by atoms with van der Waals surface area (Å²) in [6.45, 7) is 5.70. The normalized spacial score (nSPS) is 22.4. The Morgan fingerprint density at radius 2 is 1.45 bits per heavy atom. The lowest BCUT2D eigenvalue weighted by atomic mass is 9.95. The number of hydrogen-bond acceptors (Lipinski definition) is 12. The molecule has 1 aliphatic rings. The minimum atomic E-state index is -1.48. The summed E-state index contributed by atoms with van der Waals surface area (Å²) in [5.74, 6) is -4.39. The number of amides is 1. The van der Waals surface area contributed by atoms with E-state index in [0.717, 1.165) is 20.8 Å². The van der Waals surface area contributed by atoms with Gasteiger partial charge in [-0.15, -0.1) is 0 Å². The molecule has 1 heterocycles. The van der Waals surface area contributed by atoms with Crippen LogP contribution >= 0.6 is 0 Å². The lowest BCUT2D eigenvalue weighted by molar-refractivity contribution is -0.269. The van der Waals surface area contributed by atoms with Gasteiger partial charge in [-0.2, -0.15) is 0 Å². The molecule has 1 fully saturated rings. The number of para-hydroxylation sites is 1. The first-order chi connectivity index (χ1) is 17.9. The summed E-state index contributed by atoms with van der Waals surface area (Å²) in [6, 6.07) is 4.60. The largest absolute Gasteiger partial charge is 0.459 e. The van der Waals surface area contributed by atoms with Crippen molar-refractivity contribution < 1.29 is 57.2 Å². The van der Waals surface area contributed by atoms with E-state index in [1.807, 2.05) is 0 Å². The first kappa shape index (κ1) is 30.2. The van der Waals surface area contributed by atoms with Gasteiger partial charge in [-0.3, -0.25) is 24.0 Å². The summed E-state index contributed by atoms with van der Waals surface area (Å²) in [5, 5.41) is 2.60. The van der Waals surface area contributed by atoms with Crippen LogP contribution in [0.4, 0.5) is 0 Å². The lowest BCUT2D eigenvalue weighted by Gasteiger charge is -2.44. The van der Waals surface area contributed by atoms with Crippen molar-refractivity contribution >= 4 is 35.8 Å². The number of ether oxygens (including phenoxy) is 6. The number of esters is 5. The molecule has 38 heavy (non-hydrogen) atoms. The van der Waals surface area contributed by atoms with E-state index in [4.69, 9.17) is 28.4 Å². The fraction of sp³-hybridized carbons (Fsp3) is 0.520. The molecule has 0 spiro atoms. The van der Waals surface area contributed by atoms with Crippen LogP contribution in [0.1, 0.15) is 57.8 Å². The summed E-state index contributed by atoms with van der Waals surface area (Å²) in [4.78, 5) is 72.3. The van der Waals surface area contributed by atoms with E-state index in [0.29, 0.717) is 6.42 Å². The van der Waals surface area contributed by atoms with Crippen LogP contribution in [-0.2, 0) is 47.7 Å². The van der Waals surface area contributed by atoms with Crippen molar-refractivity contribution in [2.24, 2.45) is 0 Å². The summed E-state index contributed by atoms with van der Waals surface area (Å²) in [6.07, 6.45) is -4.91. The predicted octanol–water partition coefficient (Wildman–Crippen LogP) is 1.20. The Labute approximate surface area is 219 Å². The molecule has 1 N–H and O–H groups in total. The number of carbonyl (C=O) groups is 6. The first-order valence-corrected chi connectivity index (χ1v) is 11.8. The zero-order chi connectivity index (χ0) is 28.4. The van der Waals surface area contributed by atoms with Crippen LogP contribution in [0, 0.1) is 0 Å². The number of rotatable bonds is 10. The van der Waals surface area contributed by atoms with Gasteiger partial charge in [-0.05, 0) is 18.6 Å². The molecule has 1 saturated heterocycles. The summed E-state index contributed by atoms with van der Waals surface area (Å²) in [5.41, 5.74) is -0.0691. The molecule has 1 aliphatic heterocycles. The van der Waals surface area contributed by atoms with Crippen LogP contribution in [0.3, 0.4) is 0 Å². The minimum absolute atomic E-state index is 0.0413. The molecule has 0 aliphatic carbocycles. The van der Waals surface area contributed by atoms with E-state index in [-0.39, 0.29) is 17.7 Å². The Morgan fingerprint density at radius 1 is 0.842 bits per heavy atom. The van der Waals surface area contributed by atoms with Crippen molar-refractivity contribution in [3.8, 4) is 5.75 Å². The van der Waals surface area contributed by atoms with Crippen LogP contribution in [0.25, 0.3) is 0 Å². The maximum absolute atomic E-state index is 12.8. The number of carbonyl (C=O) groups excluding carboxylic acids is 6. The van der Waals surface area contributed by atoms with Gasteiger partial charge in [-0.1, -0.05) is 19.1 Å². The van der Waals surface area contributed by atoms with E-state index in [1.165, 1.54) is 25.1 Å². The second kappa shape index (κ2) is 14.1. The van der Waals surface area contributed by atoms with Gasteiger partial charge in [0.1, 0.15) is 30.1 Å². The Morgan fingerprint density at radius 3 is 2.03 bits per heavy atom. The smallest absolute Gasteiger partial charge is 0.342 e. The fourth-order valence-corrected chi connectivity index (χ4v) is 3.72. The maximum Gasteiger partial charge on any atom is 0.342 e. The van der Waals surface area contributed by atoms with Crippen LogP contribution in [0.2, 0.25) is 0 Å². The zero-order valence-corrected chi connectivity index (χ0v) is 21.7. The third-order valence-electron chi connectivity index (χ3n) is 5.08. The molecule has 13 heteroatoms. The Balaban J connectivity index is 2.39. The van der Waals surface area contributed by atoms with E-state index in [1.54, 1.807) is 13.0 Å². The molecule has 2 rings (SSSR count). The quantitative estimate of drug-likeness (QED) is 0.257. The summed E-state index contributed by atoms with van der Waals surface area (Å²) >= 11 is 0. The average Bonchev–Trinajstić information content (AvgIpc) is 2.80. The number of benzene rings is 1. The van der Waals surface area contributed by atoms with Gasteiger partial charge in [-0.25, -0.2) is 4.79 Å². The van der Waals surface area contributed by atoms with E-state index < -0.39 is 73.0 Å². The second-order valence-electron chi connectivity index (χ2n) is 8.33. The molecule has 208 valence electrons.